The van der Waals surface area contributed by atoms with E-state index in [1.54, 1.807) is 11.3 Å². The standard InChI is InChI=1S/C15H22N2O2S/c18-15(17-6-3-13-2-1-7-20-13)12-8-11-9-16-5-4-14(11)19-10-12/h1-2,7,11-12,14,16H,3-6,8-10H2,(H,17,18)/t11-,12+,14+/m0/s1. The summed E-state index contributed by atoms with van der Waals surface area (Å²) in [6, 6.07) is 4.16. The summed E-state index contributed by atoms with van der Waals surface area (Å²) in [5, 5.41) is 8.52. The zero-order chi connectivity index (χ0) is 13.8. The summed E-state index contributed by atoms with van der Waals surface area (Å²) in [6.07, 6.45) is 3.33. The van der Waals surface area contributed by atoms with Gasteiger partial charge in [-0.2, -0.15) is 0 Å². The molecule has 0 radical (unpaired) electrons. The van der Waals surface area contributed by atoms with Crippen molar-refractivity contribution in [1.82, 2.24) is 10.6 Å². The van der Waals surface area contributed by atoms with Crippen LogP contribution in [-0.2, 0) is 16.0 Å². The van der Waals surface area contributed by atoms with Gasteiger partial charge in [0.1, 0.15) is 0 Å². The third kappa shape index (κ3) is 3.40. The minimum atomic E-state index is 0.0273. The van der Waals surface area contributed by atoms with Crippen LogP contribution in [0.25, 0.3) is 0 Å². The number of piperidine rings is 1. The molecule has 2 fully saturated rings. The Morgan fingerprint density at radius 3 is 3.35 bits per heavy atom. The summed E-state index contributed by atoms with van der Waals surface area (Å²) in [4.78, 5) is 13.5. The summed E-state index contributed by atoms with van der Waals surface area (Å²) in [5.41, 5.74) is 0. The summed E-state index contributed by atoms with van der Waals surface area (Å²) in [5.74, 6) is 0.690. The van der Waals surface area contributed by atoms with Crippen molar-refractivity contribution in [2.24, 2.45) is 11.8 Å². The van der Waals surface area contributed by atoms with E-state index in [-0.39, 0.29) is 11.8 Å². The van der Waals surface area contributed by atoms with E-state index in [9.17, 15) is 4.79 Å². The Balaban J connectivity index is 1.43. The van der Waals surface area contributed by atoms with E-state index >= 15 is 0 Å². The lowest BCUT2D eigenvalue weighted by atomic mass is 9.84. The summed E-state index contributed by atoms with van der Waals surface area (Å²) in [7, 11) is 0. The van der Waals surface area contributed by atoms with E-state index < -0.39 is 0 Å². The maximum absolute atomic E-state index is 12.2. The largest absolute Gasteiger partial charge is 0.377 e. The van der Waals surface area contributed by atoms with Crippen LogP contribution in [0.5, 0.6) is 0 Å². The predicted molar refractivity (Wildman–Crippen MR) is 79.9 cm³/mol. The minimum Gasteiger partial charge on any atom is -0.377 e. The first-order valence-corrected chi connectivity index (χ1v) is 8.33. The fraction of sp³-hybridized carbons (Fsp3) is 0.667. The molecule has 1 aromatic rings. The Bertz CT molecular complexity index is 435. The Morgan fingerprint density at radius 1 is 1.55 bits per heavy atom. The monoisotopic (exact) mass is 294 g/mol. The molecule has 5 heteroatoms. The van der Waals surface area contributed by atoms with Crippen LogP contribution in [0.2, 0.25) is 0 Å². The number of ether oxygens (including phenoxy) is 1. The van der Waals surface area contributed by atoms with E-state index in [1.807, 2.05) is 6.07 Å². The van der Waals surface area contributed by atoms with Gasteiger partial charge in [-0.25, -0.2) is 0 Å². The van der Waals surface area contributed by atoms with Gasteiger partial charge in [0.2, 0.25) is 5.91 Å². The van der Waals surface area contributed by atoms with Crippen LogP contribution in [0.4, 0.5) is 0 Å². The van der Waals surface area contributed by atoms with Crippen molar-refractivity contribution in [3.63, 3.8) is 0 Å². The Morgan fingerprint density at radius 2 is 2.50 bits per heavy atom. The normalized spacial score (nSPS) is 29.7. The lowest BCUT2D eigenvalue weighted by Gasteiger charge is -2.39. The van der Waals surface area contributed by atoms with Gasteiger partial charge in [0.15, 0.2) is 0 Å². The predicted octanol–water partition coefficient (Wildman–Crippen LogP) is 1.42. The molecule has 3 heterocycles. The molecule has 0 saturated carbocycles. The highest BCUT2D eigenvalue weighted by molar-refractivity contribution is 7.09. The molecular weight excluding hydrogens is 272 g/mol. The van der Waals surface area contributed by atoms with Gasteiger partial charge in [-0.15, -0.1) is 11.3 Å². The van der Waals surface area contributed by atoms with E-state index in [0.717, 1.165) is 38.9 Å². The molecular formula is C15H22N2O2S. The number of rotatable bonds is 4. The van der Waals surface area contributed by atoms with Gasteiger partial charge in [-0.3, -0.25) is 4.79 Å². The Labute approximate surface area is 123 Å². The van der Waals surface area contributed by atoms with Crippen LogP contribution >= 0.6 is 11.3 Å². The molecule has 0 spiro atoms. The maximum atomic E-state index is 12.2. The first-order valence-electron chi connectivity index (χ1n) is 7.45. The van der Waals surface area contributed by atoms with Crippen molar-refractivity contribution in [3.05, 3.63) is 22.4 Å². The zero-order valence-electron chi connectivity index (χ0n) is 11.6. The van der Waals surface area contributed by atoms with Crippen LogP contribution in [0, 0.1) is 11.8 Å². The van der Waals surface area contributed by atoms with Crippen LogP contribution in [0.15, 0.2) is 17.5 Å². The molecule has 1 aromatic heterocycles. The van der Waals surface area contributed by atoms with Crippen molar-refractivity contribution in [1.29, 1.82) is 0 Å². The summed E-state index contributed by atoms with van der Waals surface area (Å²) < 4.78 is 5.87. The molecule has 4 nitrogen and oxygen atoms in total. The average molecular weight is 294 g/mol. The second-order valence-corrected chi connectivity index (χ2v) is 6.71. The maximum Gasteiger partial charge on any atom is 0.225 e. The number of nitrogens with one attached hydrogen (secondary N) is 2. The number of amides is 1. The minimum absolute atomic E-state index is 0.0273. The molecule has 0 aliphatic carbocycles. The van der Waals surface area contributed by atoms with Crippen LogP contribution in [0.1, 0.15) is 17.7 Å². The first kappa shape index (κ1) is 14.0. The van der Waals surface area contributed by atoms with E-state index in [0.29, 0.717) is 18.6 Å². The average Bonchev–Trinajstić information content (AvgIpc) is 3.00. The number of thiophene rings is 1. The van der Waals surface area contributed by atoms with Crippen molar-refractivity contribution in [2.75, 3.05) is 26.2 Å². The van der Waals surface area contributed by atoms with Gasteiger partial charge in [-0.05, 0) is 43.2 Å². The van der Waals surface area contributed by atoms with E-state index in [1.165, 1.54) is 4.88 Å². The lowest BCUT2D eigenvalue weighted by Crippen LogP contribution is -2.49. The van der Waals surface area contributed by atoms with Crippen molar-refractivity contribution in [2.45, 2.75) is 25.4 Å². The third-order valence-corrected chi connectivity index (χ3v) is 5.19. The number of hydrogen-bond acceptors (Lipinski definition) is 4. The molecule has 2 saturated heterocycles. The topological polar surface area (TPSA) is 50.4 Å². The van der Waals surface area contributed by atoms with E-state index in [2.05, 4.69) is 22.1 Å². The van der Waals surface area contributed by atoms with Crippen molar-refractivity contribution >= 4 is 17.2 Å². The second-order valence-electron chi connectivity index (χ2n) is 5.68. The van der Waals surface area contributed by atoms with Gasteiger partial charge in [-0.1, -0.05) is 6.07 Å². The number of carbonyl (C=O) groups excluding carboxylic acids is 1. The molecule has 0 bridgehead atoms. The first-order chi connectivity index (χ1) is 9.83. The molecule has 2 N–H and O–H groups in total. The molecule has 0 aromatic carbocycles. The van der Waals surface area contributed by atoms with Gasteiger partial charge in [0.25, 0.3) is 0 Å². The zero-order valence-corrected chi connectivity index (χ0v) is 12.5. The molecule has 2 aliphatic heterocycles. The molecule has 1 amide bonds. The fourth-order valence-corrected chi connectivity index (χ4v) is 3.83. The van der Waals surface area contributed by atoms with Crippen LogP contribution in [0.3, 0.4) is 0 Å². The molecule has 110 valence electrons. The molecule has 3 rings (SSSR count). The van der Waals surface area contributed by atoms with Crippen molar-refractivity contribution < 1.29 is 9.53 Å². The Kier molecular flexibility index (Phi) is 4.70. The van der Waals surface area contributed by atoms with Crippen LogP contribution in [-0.4, -0.2) is 38.3 Å². The highest BCUT2D eigenvalue weighted by Crippen LogP contribution is 2.28. The molecule has 20 heavy (non-hydrogen) atoms. The molecule has 3 atom stereocenters. The highest BCUT2D eigenvalue weighted by Gasteiger charge is 2.35. The van der Waals surface area contributed by atoms with Gasteiger partial charge < -0.3 is 15.4 Å². The second kappa shape index (κ2) is 6.70. The van der Waals surface area contributed by atoms with Crippen LogP contribution < -0.4 is 10.6 Å². The van der Waals surface area contributed by atoms with Gasteiger partial charge >= 0.3 is 0 Å². The SMILES string of the molecule is O=C(NCCc1cccs1)[C@H]1CO[C@@H]2CCNC[C@@H]2C1. The number of hydrogen-bond donors (Lipinski definition) is 2. The highest BCUT2D eigenvalue weighted by atomic mass is 32.1. The van der Waals surface area contributed by atoms with Gasteiger partial charge in [0, 0.05) is 18.0 Å². The molecule has 2 aliphatic rings. The van der Waals surface area contributed by atoms with Crippen molar-refractivity contribution in [3.8, 4) is 0 Å². The smallest absolute Gasteiger partial charge is 0.225 e. The van der Waals surface area contributed by atoms with Gasteiger partial charge in [0.05, 0.1) is 18.6 Å². The number of fused-ring (bicyclic) bond motifs is 1. The fourth-order valence-electron chi connectivity index (χ4n) is 3.12. The van der Waals surface area contributed by atoms with E-state index in [4.69, 9.17) is 4.74 Å². The summed E-state index contributed by atoms with van der Waals surface area (Å²) >= 11 is 1.74. The molecule has 0 unspecified atom stereocenters. The quantitative estimate of drug-likeness (QED) is 0.883. The Hall–Kier alpha value is -0.910. The number of carbonyl (C=O) groups is 1. The summed E-state index contributed by atoms with van der Waals surface area (Å²) in [6.45, 7) is 3.34. The third-order valence-electron chi connectivity index (χ3n) is 4.26. The lowest BCUT2D eigenvalue weighted by molar-refractivity contribution is -0.136.